The van der Waals surface area contributed by atoms with Gasteiger partial charge in [-0.15, -0.1) is 0 Å². The van der Waals surface area contributed by atoms with Gasteiger partial charge >= 0.3 is 0 Å². The number of hydrogen-bond acceptors (Lipinski definition) is 2. The van der Waals surface area contributed by atoms with Crippen molar-refractivity contribution in [3.05, 3.63) is 30.3 Å². The van der Waals surface area contributed by atoms with Gasteiger partial charge in [-0.1, -0.05) is 25.1 Å². The van der Waals surface area contributed by atoms with Crippen LogP contribution in [-0.2, 0) is 0 Å². The van der Waals surface area contributed by atoms with Crippen LogP contribution in [0.3, 0.4) is 0 Å². The van der Waals surface area contributed by atoms with Crippen LogP contribution in [0.4, 0.5) is 5.69 Å². The number of anilines is 1. The molecule has 0 heterocycles. The van der Waals surface area contributed by atoms with Gasteiger partial charge in [0.05, 0.1) is 0 Å². The monoisotopic (exact) mass is 192 g/mol. The van der Waals surface area contributed by atoms with Gasteiger partial charge in [-0.3, -0.25) is 0 Å². The van der Waals surface area contributed by atoms with Crippen molar-refractivity contribution in [2.45, 2.75) is 26.3 Å². The number of para-hydroxylation sites is 1. The van der Waals surface area contributed by atoms with Crippen LogP contribution < -0.4 is 10.6 Å². The predicted molar refractivity (Wildman–Crippen MR) is 62.6 cm³/mol. The lowest BCUT2D eigenvalue weighted by Crippen LogP contribution is -2.37. The maximum atomic E-state index is 5.95. The molecule has 1 aromatic rings. The zero-order valence-electron chi connectivity index (χ0n) is 9.11. The number of nitrogens with two attached hydrogens (primary N) is 1. The third-order valence-electron chi connectivity index (χ3n) is 2.48. The zero-order chi connectivity index (χ0) is 10.4. The third-order valence-corrected chi connectivity index (χ3v) is 2.48. The highest BCUT2D eigenvalue weighted by Gasteiger charge is 2.07. The predicted octanol–water partition coefficient (Wildman–Crippen LogP) is 2.25. The average molecular weight is 192 g/mol. The molecular weight excluding hydrogens is 172 g/mol. The van der Waals surface area contributed by atoms with Gasteiger partial charge in [0.15, 0.2) is 0 Å². The van der Waals surface area contributed by atoms with Gasteiger partial charge in [0.1, 0.15) is 0 Å². The van der Waals surface area contributed by atoms with E-state index < -0.39 is 0 Å². The van der Waals surface area contributed by atoms with Gasteiger partial charge < -0.3 is 10.6 Å². The van der Waals surface area contributed by atoms with Crippen LogP contribution in [0.2, 0.25) is 0 Å². The molecule has 0 fully saturated rings. The Bertz CT molecular complexity index is 246. The molecule has 0 aliphatic heterocycles. The highest BCUT2D eigenvalue weighted by Crippen LogP contribution is 2.12. The van der Waals surface area contributed by atoms with E-state index in [2.05, 4.69) is 43.0 Å². The van der Waals surface area contributed by atoms with Gasteiger partial charge in [0, 0.05) is 24.8 Å². The zero-order valence-corrected chi connectivity index (χ0v) is 9.11. The van der Waals surface area contributed by atoms with Crippen molar-refractivity contribution in [3.63, 3.8) is 0 Å². The van der Waals surface area contributed by atoms with Gasteiger partial charge in [0.2, 0.25) is 0 Å². The Hall–Kier alpha value is -1.02. The topological polar surface area (TPSA) is 29.3 Å². The quantitative estimate of drug-likeness (QED) is 0.775. The van der Waals surface area contributed by atoms with Gasteiger partial charge in [-0.25, -0.2) is 0 Å². The van der Waals surface area contributed by atoms with E-state index in [0.29, 0.717) is 0 Å². The second-order valence-corrected chi connectivity index (χ2v) is 3.54. The van der Waals surface area contributed by atoms with Gasteiger partial charge in [-0.2, -0.15) is 0 Å². The average Bonchev–Trinajstić information content (AvgIpc) is 2.26. The van der Waals surface area contributed by atoms with Crippen LogP contribution in [0.5, 0.6) is 0 Å². The van der Waals surface area contributed by atoms with Gasteiger partial charge in [0.25, 0.3) is 0 Å². The second kappa shape index (κ2) is 5.66. The summed E-state index contributed by atoms with van der Waals surface area (Å²) in [5.74, 6) is 0. The first kappa shape index (κ1) is 11.1. The summed E-state index contributed by atoms with van der Waals surface area (Å²) >= 11 is 0. The summed E-state index contributed by atoms with van der Waals surface area (Å²) in [5.41, 5.74) is 7.21. The lowest BCUT2D eigenvalue weighted by molar-refractivity contribution is 0.623. The summed E-state index contributed by atoms with van der Waals surface area (Å²) in [7, 11) is 0. The largest absolute Gasteiger partial charge is 0.370 e. The lowest BCUT2D eigenvalue weighted by Gasteiger charge is -2.25. The molecule has 0 radical (unpaired) electrons. The van der Waals surface area contributed by atoms with Gasteiger partial charge in [-0.05, 0) is 25.5 Å². The fourth-order valence-electron chi connectivity index (χ4n) is 1.47. The van der Waals surface area contributed by atoms with Crippen LogP contribution >= 0.6 is 0 Å². The molecule has 0 saturated carbocycles. The van der Waals surface area contributed by atoms with Crippen molar-refractivity contribution < 1.29 is 0 Å². The Labute approximate surface area is 86.7 Å². The first-order chi connectivity index (χ1) is 6.77. The normalized spacial score (nSPS) is 12.5. The summed E-state index contributed by atoms with van der Waals surface area (Å²) < 4.78 is 0. The second-order valence-electron chi connectivity index (χ2n) is 3.54. The Morgan fingerprint density at radius 2 is 1.86 bits per heavy atom. The van der Waals surface area contributed by atoms with Crippen LogP contribution in [0.1, 0.15) is 20.3 Å². The van der Waals surface area contributed by atoms with Crippen LogP contribution in [0.15, 0.2) is 30.3 Å². The summed E-state index contributed by atoms with van der Waals surface area (Å²) in [4.78, 5) is 2.31. The molecule has 2 nitrogen and oxygen atoms in total. The highest BCUT2D eigenvalue weighted by molar-refractivity contribution is 5.45. The van der Waals surface area contributed by atoms with E-state index in [1.54, 1.807) is 0 Å². The molecule has 0 aliphatic carbocycles. The first-order valence-corrected chi connectivity index (χ1v) is 5.33. The van der Waals surface area contributed by atoms with E-state index in [4.69, 9.17) is 5.73 Å². The maximum absolute atomic E-state index is 5.95. The summed E-state index contributed by atoms with van der Waals surface area (Å²) in [6, 6.07) is 10.7. The Kier molecular flexibility index (Phi) is 4.47. The van der Waals surface area contributed by atoms with Crippen molar-refractivity contribution >= 4 is 5.69 Å². The minimum Gasteiger partial charge on any atom is -0.370 e. The molecule has 1 unspecified atom stereocenters. The Morgan fingerprint density at radius 3 is 2.36 bits per heavy atom. The van der Waals surface area contributed by atoms with E-state index in [1.165, 1.54) is 5.69 Å². The number of benzene rings is 1. The maximum Gasteiger partial charge on any atom is 0.0366 e. The molecule has 2 heteroatoms. The molecule has 2 N–H and O–H groups in total. The fourth-order valence-corrected chi connectivity index (χ4v) is 1.47. The van der Waals surface area contributed by atoms with Crippen molar-refractivity contribution in [1.82, 2.24) is 0 Å². The van der Waals surface area contributed by atoms with E-state index in [0.717, 1.165) is 19.5 Å². The lowest BCUT2D eigenvalue weighted by atomic mass is 10.2. The van der Waals surface area contributed by atoms with Crippen LogP contribution in [0, 0.1) is 0 Å². The van der Waals surface area contributed by atoms with Crippen molar-refractivity contribution in [2.75, 3.05) is 18.0 Å². The molecule has 0 aromatic heterocycles. The third kappa shape index (κ3) is 3.04. The highest BCUT2D eigenvalue weighted by atomic mass is 15.1. The summed E-state index contributed by atoms with van der Waals surface area (Å²) in [5, 5.41) is 0. The van der Waals surface area contributed by atoms with E-state index in [1.807, 2.05) is 6.07 Å². The minimum atomic E-state index is 0.273. The molecule has 1 aromatic carbocycles. The minimum absolute atomic E-state index is 0.273. The van der Waals surface area contributed by atoms with E-state index >= 15 is 0 Å². The smallest absolute Gasteiger partial charge is 0.0366 e. The molecule has 0 bridgehead atoms. The SMILES string of the molecule is CCC(N)CN(CC)c1ccccc1. The standard InChI is InChI=1S/C12H20N2/c1-3-11(13)10-14(4-2)12-8-6-5-7-9-12/h5-9,11H,3-4,10,13H2,1-2H3. The van der Waals surface area contributed by atoms with Crippen molar-refractivity contribution in [2.24, 2.45) is 5.73 Å². The van der Waals surface area contributed by atoms with E-state index in [-0.39, 0.29) is 6.04 Å². The van der Waals surface area contributed by atoms with Crippen molar-refractivity contribution in [1.29, 1.82) is 0 Å². The molecule has 0 spiro atoms. The molecule has 78 valence electrons. The molecule has 0 saturated heterocycles. The molecule has 14 heavy (non-hydrogen) atoms. The fraction of sp³-hybridized carbons (Fsp3) is 0.500. The molecular formula is C12H20N2. The molecule has 0 aliphatic rings. The van der Waals surface area contributed by atoms with Crippen LogP contribution in [-0.4, -0.2) is 19.1 Å². The number of rotatable bonds is 5. The molecule has 1 rings (SSSR count). The number of hydrogen-bond donors (Lipinski definition) is 1. The number of nitrogens with zero attached hydrogens (tertiary/aromatic N) is 1. The number of likely N-dealkylation sites (N-methyl/N-ethyl adjacent to an activating group) is 1. The molecule has 0 amide bonds. The van der Waals surface area contributed by atoms with Crippen molar-refractivity contribution in [3.8, 4) is 0 Å². The molecule has 1 atom stereocenters. The Balaban J connectivity index is 2.63. The summed E-state index contributed by atoms with van der Waals surface area (Å²) in [6.07, 6.45) is 1.03. The van der Waals surface area contributed by atoms with Crippen LogP contribution in [0.25, 0.3) is 0 Å². The summed E-state index contributed by atoms with van der Waals surface area (Å²) in [6.45, 7) is 6.24. The Morgan fingerprint density at radius 1 is 1.21 bits per heavy atom. The van der Waals surface area contributed by atoms with E-state index in [9.17, 15) is 0 Å². The first-order valence-electron chi connectivity index (χ1n) is 5.33.